The largest absolute Gasteiger partial charge is 0.493 e. The monoisotopic (exact) mass is 278 g/mol. The molecular weight excluding hydrogens is 252 g/mol. The number of aryl methyl sites for hydroxylation is 1. The van der Waals surface area contributed by atoms with Crippen LogP contribution in [0, 0.1) is 5.92 Å². The summed E-state index contributed by atoms with van der Waals surface area (Å²) in [4.78, 5) is 12.5. The summed E-state index contributed by atoms with van der Waals surface area (Å²) in [5, 5.41) is 4.26. The van der Waals surface area contributed by atoms with Crippen LogP contribution in [0.3, 0.4) is 0 Å². The summed E-state index contributed by atoms with van der Waals surface area (Å²) in [7, 11) is 1.60. The van der Waals surface area contributed by atoms with Gasteiger partial charge in [-0.25, -0.2) is 0 Å². The molecule has 4 nitrogen and oxygen atoms in total. The molecule has 1 aliphatic rings. The van der Waals surface area contributed by atoms with Gasteiger partial charge < -0.3 is 4.74 Å². The molecule has 0 N–H and O–H groups in total. The number of Topliss-reactive ketones (excluding diaryl/α,β-unsaturated/α-hetero) is 1. The maximum Gasteiger partial charge on any atom is 0.184 e. The number of carbonyl (C=O) groups excluding carboxylic acids is 1. The van der Waals surface area contributed by atoms with Crippen LogP contribution in [0.5, 0.6) is 5.75 Å². The summed E-state index contributed by atoms with van der Waals surface area (Å²) < 4.78 is 7.07. The lowest BCUT2D eigenvalue weighted by Crippen LogP contribution is -2.14. The van der Waals surface area contributed by atoms with Crippen molar-refractivity contribution in [2.75, 3.05) is 7.11 Å². The molecule has 1 saturated carbocycles. The van der Waals surface area contributed by atoms with Crippen LogP contribution < -0.4 is 4.74 Å². The van der Waals surface area contributed by atoms with Gasteiger partial charge in [0.25, 0.3) is 0 Å². The Balaban J connectivity index is 1.98. The van der Waals surface area contributed by atoms with Crippen molar-refractivity contribution in [3.05, 3.63) is 11.9 Å². The first-order valence-corrected chi connectivity index (χ1v) is 7.89. The van der Waals surface area contributed by atoms with E-state index in [0.29, 0.717) is 17.9 Å². The Bertz CT molecular complexity index is 434. The minimum Gasteiger partial charge on any atom is -0.493 e. The average molecular weight is 278 g/mol. The highest BCUT2D eigenvalue weighted by Gasteiger charge is 2.21. The Morgan fingerprint density at radius 1 is 1.40 bits per heavy atom. The van der Waals surface area contributed by atoms with Gasteiger partial charge in [-0.05, 0) is 18.8 Å². The lowest BCUT2D eigenvalue weighted by Gasteiger charge is -2.21. The minimum atomic E-state index is 0.179. The normalized spacial score (nSPS) is 16.3. The van der Waals surface area contributed by atoms with E-state index >= 15 is 0 Å². The van der Waals surface area contributed by atoms with Gasteiger partial charge >= 0.3 is 0 Å². The van der Waals surface area contributed by atoms with E-state index in [9.17, 15) is 4.79 Å². The summed E-state index contributed by atoms with van der Waals surface area (Å²) in [5.74, 6) is 1.53. The van der Waals surface area contributed by atoms with E-state index in [2.05, 4.69) is 12.0 Å². The van der Waals surface area contributed by atoms with Crippen molar-refractivity contribution in [3.8, 4) is 5.75 Å². The topological polar surface area (TPSA) is 44.1 Å². The number of aromatic nitrogens is 2. The molecule has 2 rings (SSSR count). The van der Waals surface area contributed by atoms with Gasteiger partial charge in [0.2, 0.25) is 0 Å². The summed E-state index contributed by atoms with van der Waals surface area (Å²) in [6.07, 6.45) is 10.9. The first-order chi connectivity index (χ1) is 9.76. The van der Waals surface area contributed by atoms with E-state index in [1.54, 1.807) is 18.0 Å². The van der Waals surface area contributed by atoms with E-state index in [0.717, 1.165) is 25.3 Å². The quantitative estimate of drug-likeness (QED) is 0.712. The summed E-state index contributed by atoms with van der Waals surface area (Å²) in [6.45, 7) is 2.86. The van der Waals surface area contributed by atoms with Crippen LogP contribution in [0.2, 0.25) is 0 Å². The Hall–Kier alpha value is -1.32. The summed E-state index contributed by atoms with van der Waals surface area (Å²) in [6, 6.07) is 0. The number of nitrogens with zero attached hydrogens (tertiary/aromatic N) is 2. The standard InChI is InChI=1S/C16H26N2O2/c1-3-11-18-16(15(20-2)12-17-18)14(19)10-9-13-7-5-4-6-8-13/h12-13H,3-11H2,1-2H3. The van der Waals surface area contributed by atoms with Crippen LogP contribution in [0.4, 0.5) is 0 Å². The molecule has 1 heterocycles. The lowest BCUT2D eigenvalue weighted by atomic mass is 9.85. The third-order valence-corrected chi connectivity index (χ3v) is 4.23. The third-order valence-electron chi connectivity index (χ3n) is 4.23. The van der Waals surface area contributed by atoms with Crippen LogP contribution >= 0.6 is 0 Å². The van der Waals surface area contributed by atoms with E-state index in [4.69, 9.17) is 4.74 Å². The zero-order valence-electron chi connectivity index (χ0n) is 12.7. The molecule has 1 aromatic heterocycles. The second-order valence-electron chi connectivity index (χ2n) is 5.75. The highest BCUT2D eigenvalue weighted by molar-refractivity contribution is 5.97. The Morgan fingerprint density at radius 2 is 2.15 bits per heavy atom. The Kier molecular flexibility index (Phi) is 5.62. The Labute approximate surface area is 121 Å². The summed E-state index contributed by atoms with van der Waals surface area (Å²) >= 11 is 0. The van der Waals surface area contributed by atoms with Gasteiger partial charge in [-0.2, -0.15) is 5.10 Å². The van der Waals surface area contributed by atoms with Crippen molar-refractivity contribution in [3.63, 3.8) is 0 Å². The highest BCUT2D eigenvalue weighted by Crippen LogP contribution is 2.29. The molecule has 0 unspecified atom stereocenters. The molecule has 0 bridgehead atoms. The zero-order chi connectivity index (χ0) is 14.4. The van der Waals surface area contributed by atoms with Crippen molar-refractivity contribution in [2.45, 2.75) is 64.8 Å². The number of ether oxygens (including phenoxy) is 1. The molecule has 0 spiro atoms. The number of rotatable bonds is 7. The van der Waals surface area contributed by atoms with Crippen LogP contribution in [0.1, 0.15) is 68.8 Å². The van der Waals surface area contributed by atoms with Crippen molar-refractivity contribution in [1.29, 1.82) is 0 Å². The van der Waals surface area contributed by atoms with Crippen molar-refractivity contribution < 1.29 is 9.53 Å². The average Bonchev–Trinajstić information content (AvgIpc) is 2.89. The smallest absolute Gasteiger partial charge is 0.184 e. The fraction of sp³-hybridized carbons (Fsp3) is 0.750. The van der Waals surface area contributed by atoms with E-state index in [-0.39, 0.29) is 5.78 Å². The second kappa shape index (κ2) is 7.46. The lowest BCUT2D eigenvalue weighted by molar-refractivity contribution is 0.0956. The maximum atomic E-state index is 12.5. The van der Waals surface area contributed by atoms with E-state index in [1.807, 2.05) is 0 Å². The number of methoxy groups -OCH3 is 1. The molecule has 4 heteroatoms. The first-order valence-electron chi connectivity index (χ1n) is 7.89. The molecule has 1 fully saturated rings. The van der Waals surface area contributed by atoms with Gasteiger partial charge in [-0.15, -0.1) is 0 Å². The molecule has 0 amide bonds. The molecule has 0 atom stereocenters. The Morgan fingerprint density at radius 3 is 2.80 bits per heavy atom. The molecule has 112 valence electrons. The molecule has 0 aliphatic heterocycles. The predicted octanol–water partition coefficient (Wildman–Crippen LogP) is 3.84. The van der Waals surface area contributed by atoms with Crippen LogP contribution in [0.15, 0.2) is 6.20 Å². The van der Waals surface area contributed by atoms with Crippen molar-refractivity contribution in [2.24, 2.45) is 5.92 Å². The third kappa shape index (κ3) is 3.62. The molecular formula is C16H26N2O2. The molecule has 0 radical (unpaired) electrons. The number of ketones is 1. The van der Waals surface area contributed by atoms with Gasteiger partial charge in [-0.3, -0.25) is 9.48 Å². The maximum absolute atomic E-state index is 12.5. The zero-order valence-corrected chi connectivity index (χ0v) is 12.7. The molecule has 0 saturated heterocycles. The van der Waals surface area contributed by atoms with E-state index in [1.165, 1.54) is 32.1 Å². The van der Waals surface area contributed by atoms with Gasteiger partial charge in [0.15, 0.2) is 11.5 Å². The molecule has 20 heavy (non-hydrogen) atoms. The summed E-state index contributed by atoms with van der Waals surface area (Å²) in [5.41, 5.74) is 0.658. The van der Waals surface area contributed by atoms with Crippen LogP contribution in [-0.2, 0) is 6.54 Å². The number of carbonyl (C=O) groups is 1. The van der Waals surface area contributed by atoms with Crippen LogP contribution in [-0.4, -0.2) is 22.7 Å². The molecule has 1 aromatic rings. The van der Waals surface area contributed by atoms with Gasteiger partial charge in [0.1, 0.15) is 5.69 Å². The minimum absolute atomic E-state index is 0.179. The first kappa shape index (κ1) is 15.1. The van der Waals surface area contributed by atoms with Gasteiger partial charge in [0.05, 0.1) is 13.3 Å². The van der Waals surface area contributed by atoms with Crippen molar-refractivity contribution in [1.82, 2.24) is 9.78 Å². The van der Waals surface area contributed by atoms with Gasteiger partial charge in [0, 0.05) is 13.0 Å². The fourth-order valence-corrected chi connectivity index (χ4v) is 3.11. The SMILES string of the molecule is CCCn1ncc(OC)c1C(=O)CCC1CCCCC1. The van der Waals surface area contributed by atoms with Crippen LogP contribution in [0.25, 0.3) is 0 Å². The van der Waals surface area contributed by atoms with Gasteiger partial charge in [-0.1, -0.05) is 39.0 Å². The highest BCUT2D eigenvalue weighted by atomic mass is 16.5. The fourth-order valence-electron chi connectivity index (χ4n) is 3.11. The molecule has 1 aliphatic carbocycles. The second-order valence-corrected chi connectivity index (χ2v) is 5.75. The van der Waals surface area contributed by atoms with Crippen molar-refractivity contribution >= 4 is 5.78 Å². The van der Waals surface area contributed by atoms with E-state index < -0.39 is 0 Å². The predicted molar refractivity (Wildman–Crippen MR) is 79.2 cm³/mol. The number of hydrogen-bond donors (Lipinski definition) is 0. The molecule has 0 aromatic carbocycles. The number of hydrogen-bond acceptors (Lipinski definition) is 3.